The molecule has 0 aliphatic carbocycles. The van der Waals surface area contributed by atoms with Gasteiger partial charge in [0.1, 0.15) is 0 Å². The van der Waals surface area contributed by atoms with Crippen LogP contribution in [0.5, 0.6) is 0 Å². The predicted octanol–water partition coefficient (Wildman–Crippen LogP) is 4.72. The first-order valence-electron chi connectivity index (χ1n) is 10.6. The van der Waals surface area contributed by atoms with E-state index in [-0.39, 0.29) is 12.5 Å². The second-order valence-electron chi connectivity index (χ2n) is 7.66. The van der Waals surface area contributed by atoms with Crippen LogP contribution in [0.3, 0.4) is 0 Å². The molecule has 1 atom stereocenters. The van der Waals surface area contributed by atoms with Gasteiger partial charge < -0.3 is 5.32 Å². The maximum absolute atomic E-state index is 12.4. The molecule has 2 aromatic rings. The van der Waals surface area contributed by atoms with Crippen molar-refractivity contribution in [2.75, 3.05) is 23.7 Å². The molecule has 0 unspecified atom stereocenters. The van der Waals surface area contributed by atoms with Gasteiger partial charge in [-0.25, -0.2) is 8.42 Å². The molecule has 0 saturated heterocycles. The summed E-state index contributed by atoms with van der Waals surface area (Å²) in [5.74, 6) is 0.508. The number of fused-ring (bicyclic) bond motifs is 1. The zero-order valence-corrected chi connectivity index (χ0v) is 18.7. The highest BCUT2D eigenvalue weighted by Crippen LogP contribution is 2.28. The Morgan fingerprint density at radius 3 is 2.48 bits per heavy atom. The lowest BCUT2D eigenvalue weighted by molar-refractivity contribution is -0.121. The summed E-state index contributed by atoms with van der Waals surface area (Å²) >= 11 is 0. The minimum atomic E-state index is -3.45. The van der Waals surface area contributed by atoms with E-state index in [4.69, 9.17) is 0 Å². The molecule has 0 fully saturated rings. The molecule has 2 aromatic carbocycles. The molecule has 1 N–H and O–H groups in total. The molecule has 0 aliphatic heterocycles. The number of rotatable bonds is 12. The third-order valence-electron chi connectivity index (χ3n) is 5.33. The Bertz CT molecular complexity index is 891. The second kappa shape index (κ2) is 11.2. The zero-order valence-electron chi connectivity index (χ0n) is 17.9. The van der Waals surface area contributed by atoms with Crippen LogP contribution < -0.4 is 9.62 Å². The van der Waals surface area contributed by atoms with E-state index < -0.39 is 10.0 Å². The van der Waals surface area contributed by atoms with Gasteiger partial charge in [-0.1, -0.05) is 69.5 Å². The number of amides is 1. The fourth-order valence-electron chi connectivity index (χ4n) is 3.56. The van der Waals surface area contributed by atoms with Gasteiger partial charge in [0, 0.05) is 24.9 Å². The molecule has 29 heavy (non-hydrogen) atoms. The molecule has 0 spiro atoms. The van der Waals surface area contributed by atoms with Crippen molar-refractivity contribution in [3.63, 3.8) is 0 Å². The van der Waals surface area contributed by atoms with Gasteiger partial charge in [0.05, 0.1) is 11.9 Å². The number of nitrogens with zero attached hydrogens (tertiary/aromatic N) is 1. The zero-order chi connectivity index (χ0) is 21.3. The summed E-state index contributed by atoms with van der Waals surface area (Å²) in [5, 5.41) is 4.91. The molecule has 160 valence electrons. The normalized spacial score (nSPS) is 12.7. The van der Waals surface area contributed by atoms with E-state index in [1.165, 1.54) is 23.4 Å². The van der Waals surface area contributed by atoms with Crippen molar-refractivity contribution in [2.24, 2.45) is 5.92 Å². The summed E-state index contributed by atoms with van der Waals surface area (Å²) < 4.78 is 26.3. The molecule has 0 aliphatic rings. The van der Waals surface area contributed by atoms with E-state index in [1.54, 1.807) is 0 Å². The first-order valence-corrected chi connectivity index (χ1v) is 12.4. The Hall–Kier alpha value is -2.08. The minimum absolute atomic E-state index is 0.00804. The largest absolute Gasteiger partial charge is 0.356 e. The van der Waals surface area contributed by atoms with Crippen LogP contribution in [0.4, 0.5) is 5.69 Å². The van der Waals surface area contributed by atoms with Crippen molar-refractivity contribution in [1.82, 2.24) is 5.32 Å². The van der Waals surface area contributed by atoms with Crippen LogP contribution >= 0.6 is 0 Å². The predicted molar refractivity (Wildman–Crippen MR) is 122 cm³/mol. The van der Waals surface area contributed by atoms with Gasteiger partial charge in [-0.15, -0.1) is 0 Å². The lowest BCUT2D eigenvalue weighted by Crippen LogP contribution is -2.33. The van der Waals surface area contributed by atoms with Gasteiger partial charge in [0.25, 0.3) is 0 Å². The van der Waals surface area contributed by atoms with Gasteiger partial charge in [-0.3, -0.25) is 9.10 Å². The van der Waals surface area contributed by atoms with Crippen LogP contribution in [-0.2, 0) is 14.8 Å². The van der Waals surface area contributed by atoms with Crippen LogP contribution in [0, 0.1) is 5.92 Å². The summed E-state index contributed by atoms with van der Waals surface area (Å²) in [6, 6.07) is 13.4. The fourth-order valence-corrected chi connectivity index (χ4v) is 4.54. The number of anilines is 1. The Morgan fingerprint density at radius 1 is 1.07 bits per heavy atom. The van der Waals surface area contributed by atoms with E-state index in [0.717, 1.165) is 23.6 Å². The molecular weight excluding hydrogens is 384 g/mol. The first-order chi connectivity index (χ1) is 13.9. The minimum Gasteiger partial charge on any atom is -0.356 e. The SMILES string of the molecule is CCCC[C@@H](CC)CNC(=O)CCCN(c1cccc2ccccc12)S(C)(=O)=O. The molecule has 0 saturated carbocycles. The van der Waals surface area contributed by atoms with Crippen LogP contribution in [0.2, 0.25) is 0 Å². The van der Waals surface area contributed by atoms with Crippen molar-refractivity contribution in [1.29, 1.82) is 0 Å². The van der Waals surface area contributed by atoms with Crippen LogP contribution in [-0.4, -0.2) is 33.7 Å². The van der Waals surface area contributed by atoms with Crippen molar-refractivity contribution in [2.45, 2.75) is 52.4 Å². The van der Waals surface area contributed by atoms with Gasteiger partial charge in [0.2, 0.25) is 15.9 Å². The highest BCUT2D eigenvalue weighted by atomic mass is 32.2. The van der Waals surface area contributed by atoms with Gasteiger partial charge >= 0.3 is 0 Å². The van der Waals surface area contributed by atoms with E-state index in [1.807, 2.05) is 42.5 Å². The molecule has 0 radical (unpaired) electrons. The first kappa shape index (κ1) is 23.2. The van der Waals surface area contributed by atoms with Gasteiger partial charge in [0.15, 0.2) is 0 Å². The molecule has 1 amide bonds. The quantitative estimate of drug-likeness (QED) is 0.542. The van der Waals surface area contributed by atoms with Crippen LogP contribution in [0.25, 0.3) is 10.8 Å². The molecular formula is C23H34N2O3S. The van der Waals surface area contributed by atoms with Crippen molar-refractivity contribution in [3.8, 4) is 0 Å². The molecule has 0 heterocycles. The number of sulfonamides is 1. The molecule has 0 bridgehead atoms. The van der Waals surface area contributed by atoms with Gasteiger partial charge in [-0.05, 0) is 30.2 Å². The fraction of sp³-hybridized carbons (Fsp3) is 0.522. The average Bonchev–Trinajstić information content (AvgIpc) is 2.70. The Labute approximate surface area is 175 Å². The summed E-state index contributed by atoms with van der Waals surface area (Å²) in [4.78, 5) is 12.2. The van der Waals surface area contributed by atoms with E-state index >= 15 is 0 Å². The number of nitrogens with one attached hydrogen (secondary N) is 1. The summed E-state index contributed by atoms with van der Waals surface area (Å²) in [6.07, 6.45) is 6.56. The monoisotopic (exact) mass is 418 g/mol. The maximum atomic E-state index is 12.4. The standard InChI is InChI=1S/C23H34N2O3S/c1-4-6-11-19(5-2)18-24-23(26)16-10-17-25(29(3,27)28)22-15-9-13-20-12-7-8-14-21(20)22/h7-9,12-15,19H,4-6,10-11,16-18H2,1-3H3,(H,24,26)/t19-/m1/s1. The average molecular weight is 419 g/mol. The second-order valence-corrected chi connectivity index (χ2v) is 9.56. The molecule has 2 rings (SSSR count). The van der Waals surface area contributed by atoms with E-state index in [2.05, 4.69) is 19.2 Å². The highest BCUT2D eigenvalue weighted by molar-refractivity contribution is 7.92. The maximum Gasteiger partial charge on any atom is 0.232 e. The Morgan fingerprint density at radius 2 is 1.79 bits per heavy atom. The number of unbranched alkanes of at least 4 members (excludes halogenated alkanes) is 1. The topological polar surface area (TPSA) is 66.5 Å². The Balaban J connectivity index is 1.98. The third-order valence-corrected chi connectivity index (χ3v) is 6.51. The van der Waals surface area contributed by atoms with Crippen molar-refractivity contribution in [3.05, 3.63) is 42.5 Å². The third kappa shape index (κ3) is 7.03. The van der Waals surface area contributed by atoms with E-state index in [0.29, 0.717) is 31.0 Å². The van der Waals surface area contributed by atoms with Crippen LogP contribution in [0.1, 0.15) is 52.4 Å². The number of carbonyl (C=O) groups is 1. The number of hydrogen-bond donors (Lipinski definition) is 1. The summed E-state index contributed by atoms with van der Waals surface area (Å²) in [7, 11) is -3.45. The number of hydrogen-bond acceptors (Lipinski definition) is 3. The summed E-state index contributed by atoms with van der Waals surface area (Å²) in [5.41, 5.74) is 0.664. The van der Waals surface area contributed by atoms with Crippen LogP contribution in [0.15, 0.2) is 42.5 Å². The number of benzene rings is 2. The lowest BCUT2D eigenvalue weighted by atomic mass is 9.99. The Kier molecular flexibility index (Phi) is 8.96. The highest BCUT2D eigenvalue weighted by Gasteiger charge is 2.19. The number of carbonyl (C=O) groups excluding carboxylic acids is 1. The lowest BCUT2D eigenvalue weighted by Gasteiger charge is -2.24. The molecule has 5 nitrogen and oxygen atoms in total. The molecule has 0 aromatic heterocycles. The van der Waals surface area contributed by atoms with E-state index in [9.17, 15) is 13.2 Å². The van der Waals surface area contributed by atoms with Gasteiger partial charge in [-0.2, -0.15) is 0 Å². The molecule has 6 heteroatoms. The van der Waals surface area contributed by atoms with Crippen molar-refractivity contribution >= 4 is 32.4 Å². The summed E-state index contributed by atoms with van der Waals surface area (Å²) in [6.45, 7) is 5.32. The smallest absolute Gasteiger partial charge is 0.232 e. The van der Waals surface area contributed by atoms with Crippen molar-refractivity contribution < 1.29 is 13.2 Å².